The van der Waals surface area contributed by atoms with Crippen molar-refractivity contribution in [3.63, 3.8) is 0 Å². The normalized spacial score (nSPS) is 11.2. The fourth-order valence-corrected chi connectivity index (χ4v) is 4.18. The van der Waals surface area contributed by atoms with E-state index >= 15 is 0 Å². The average molecular weight is 423 g/mol. The highest BCUT2D eigenvalue weighted by molar-refractivity contribution is 7.92. The van der Waals surface area contributed by atoms with Gasteiger partial charge in [0.25, 0.3) is 15.9 Å². The zero-order valence-electron chi connectivity index (χ0n) is 14.4. The second kappa shape index (κ2) is 7.63. The van der Waals surface area contributed by atoms with Crippen molar-refractivity contribution in [1.82, 2.24) is 9.97 Å². The smallest absolute Gasteiger partial charge is 0.265 e. The van der Waals surface area contributed by atoms with Gasteiger partial charge in [0.1, 0.15) is 0 Å². The molecule has 0 bridgehead atoms. The molecule has 0 saturated heterocycles. The summed E-state index contributed by atoms with van der Waals surface area (Å²) in [5, 5.41) is 2.69. The van der Waals surface area contributed by atoms with Crippen LogP contribution in [-0.4, -0.2) is 24.3 Å². The quantitative estimate of drug-likeness (QED) is 0.650. The van der Waals surface area contributed by atoms with E-state index in [0.29, 0.717) is 26.3 Å². The van der Waals surface area contributed by atoms with Crippen LogP contribution >= 0.6 is 22.9 Å². The van der Waals surface area contributed by atoms with Gasteiger partial charge in [-0.3, -0.25) is 4.79 Å². The molecule has 0 fully saturated rings. The van der Waals surface area contributed by atoms with Crippen molar-refractivity contribution < 1.29 is 13.2 Å². The van der Waals surface area contributed by atoms with Crippen LogP contribution in [0.5, 0.6) is 0 Å². The number of halogens is 1. The minimum atomic E-state index is -3.84. The van der Waals surface area contributed by atoms with Crippen molar-refractivity contribution in [3.05, 3.63) is 63.1 Å². The second-order valence-corrected chi connectivity index (χ2v) is 9.06. The van der Waals surface area contributed by atoms with Crippen LogP contribution in [-0.2, 0) is 10.0 Å². The van der Waals surface area contributed by atoms with Gasteiger partial charge in [-0.1, -0.05) is 11.6 Å². The van der Waals surface area contributed by atoms with Crippen LogP contribution in [0.3, 0.4) is 0 Å². The number of carbonyl (C=O) groups excluding carboxylic acids is 1. The molecule has 1 amide bonds. The van der Waals surface area contributed by atoms with Gasteiger partial charge in [0, 0.05) is 17.1 Å². The summed E-state index contributed by atoms with van der Waals surface area (Å²) >= 11 is 6.98. The highest BCUT2D eigenvalue weighted by Gasteiger charge is 2.16. The number of sulfonamides is 1. The number of nitrogens with zero attached hydrogens (tertiary/aromatic N) is 2. The molecule has 0 aliphatic rings. The van der Waals surface area contributed by atoms with E-state index in [1.165, 1.54) is 24.3 Å². The van der Waals surface area contributed by atoms with Crippen molar-refractivity contribution in [2.75, 3.05) is 10.0 Å². The van der Waals surface area contributed by atoms with Crippen LogP contribution in [0.2, 0.25) is 4.34 Å². The first-order valence-electron chi connectivity index (χ1n) is 7.75. The molecule has 0 spiro atoms. The zero-order valence-corrected chi connectivity index (χ0v) is 16.7. The van der Waals surface area contributed by atoms with Crippen LogP contribution in [0.15, 0.2) is 47.4 Å². The zero-order chi connectivity index (χ0) is 19.6. The Hall–Kier alpha value is -2.49. The summed E-state index contributed by atoms with van der Waals surface area (Å²) in [4.78, 5) is 20.7. The molecule has 2 heterocycles. The van der Waals surface area contributed by atoms with Crippen molar-refractivity contribution in [2.24, 2.45) is 0 Å². The van der Waals surface area contributed by atoms with Crippen molar-refractivity contribution in [3.8, 4) is 0 Å². The van der Waals surface area contributed by atoms with E-state index in [2.05, 4.69) is 20.0 Å². The van der Waals surface area contributed by atoms with Crippen LogP contribution in [0.1, 0.15) is 21.1 Å². The molecular weight excluding hydrogens is 408 g/mol. The number of aromatic nitrogens is 2. The molecule has 1 aromatic carbocycles. The summed E-state index contributed by atoms with van der Waals surface area (Å²) in [6.07, 6.45) is 0. The fraction of sp³-hybridized carbons (Fsp3) is 0.118. The Morgan fingerprint density at radius 3 is 2.22 bits per heavy atom. The van der Waals surface area contributed by atoms with E-state index in [1.54, 1.807) is 32.0 Å². The molecule has 0 aliphatic carbocycles. The third kappa shape index (κ3) is 4.82. The molecule has 3 aromatic rings. The van der Waals surface area contributed by atoms with E-state index in [-0.39, 0.29) is 16.8 Å². The minimum Gasteiger partial charge on any atom is -0.321 e. The lowest BCUT2D eigenvalue weighted by Gasteiger charge is -2.09. The van der Waals surface area contributed by atoms with Crippen LogP contribution in [0.4, 0.5) is 11.6 Å². The molecule has 0 radical (unpaired) electrons. The summed E-state index contributed by atoms with van der Waals surface area (Å²) in [5.41, 5.74) is 1.78. The summed E-state index contributed by atoms with van der Waals surface area (Å²) in [6, 6.07) is 10.8. The highest BCUT2D eigenvalue weighted by atomic mass is 35.5. The number of amides is 1. The third-order valence-electron chi connectivity index (χ3n) is 3.43. The van der Waals surface area contributed by atoms with E-state index in [1.807, 2.05) is 0 Å². The largest absolute Gasteiger partial charge is 0.321 e. The molecule has 0 aliphatic heterocycles. The van der Waals surface area contributed by atoms with Gasteiger partial charge in [0.15, 0.2) is 0 Å². The SMILES string of the molecule is Cc1cc(C)nc(NS(=O)(=O)c2ccc(NC(=O)c3ccc(Cl)s3)cc2)n1. The molecule has 27 heavy (non-hydrogen) atoms. The summed E-state index contributed by atoms with van der Waals surface area (Å²) in [5.74, 6) is -0.302. The molecule has 2 N–H and O–H groups in total. The summed E-state index contributed by atoms with van der Waals surface area (Å²) in [7, 11) is -3.84. The monoisotopic (exact) mass is 422 g/mol. The molecule has 10 heteroatoms. The van der Waals surface area contributed by atoms with E-state index in [9.17, 15) is 13.2 Å². The lowest BCUT2D eigenvalue weighted by atomic mass is 10.3. The maximum Gasteiger partial charge on any atom is 0.265 e. The molecular formula is C17H15ClN4O3S2. The highest BCUT2D eigenvalue weighted by Crippen LogP contribution is 2.23. The number of nitrogens with one attached hydrogen (secondary N) is 2. The van der Waals surface area contributed by atoms with E-state index in [4.69, 9.17) is 11.6 Å². The molecule has 0 unspecified atom stereocenters. The van der Waals surface area contributed by atoms with Gasteiger partial charge >= 0.3 is 0 Å². The number of anilines is 2. The Bertz CT molecular complexity index is 1080. The number of hydrogen-bond acceptors (Lipinski definition) is 6. The van der Waals surface area contributed by atoms with Gasteiger partial charge in [-0.05, 0) is 56.3 Å². The first-order chi connectivity index (χ1) is 12.7. The van der Waals surface area contributed by atoms with Crippen molar-refractivity contribution in [2.45, 2.75) is 18.7 Å². The van der Waals surface area contributed by atoms with Crippen molar-refractivity contribution in [1.29, 1.82) is 0 Å². The Morgan fingerprint density at radius 2 is 1.67 bits per heavy atom. The molecule has 140 valence electrons. The van der Waals surface area contributed by atoms with E-state index in [0.717, 1.165) is 11.3 Å². The number of rotatable bonds is 5. The number of carbonyl (C=O) groups is 1. The van der Waals surface area contributed by atoms with Crippen LogP contribution in [0, 0.1) is 13.8 Å². The fourth-order valence-electron chi connectivity index (χ4n) is 2.30. The number of aryl methyl sites for hydroxylation is 2. The average Bonchev–Trinajstić information content (AvgIpc) is 3.00. The number of thiophene rings is 1. The Kier molecular flexibility index (Phi) is 5.45. The Morgan fingerprint density at radius 1 is 1.04 bits per heavy atom. The maximum atomic E-state index is 12.5. The second-order valence-electron chi connectivity index (χ2n) is 5.66. The summed E-state index contributed by atoms with van der Waals surface area (Å²) in [6.45, 7) is 3.51. The first-order valence-corrected chi connectivity index (χ1v) is 10.4. The standard InChI is InChI=1S/C17H15ClN4O3S2/c1-10-9-11(2)20-17(19-10)22-27(24,25)13-5-3-12(4-6-13)21-16(23)14-7-8-15(18)26-14/h3-9H,1-2H3,(H,21,23)(H,19,20,22). The van der Waals surface area contributed by atoms with Gasteiger partial charge in [-0.2, -0.15) is 0 Å². The molecule has 0 atom stereocenters. The van der Waals surface area contributed by atoms with Crippen molar-refractivity contribution >= 4 is 50.5 Å². The Balaban J connectivity index is 1.74. The van der Waals surface area contributed by atoms with Gasteiger partial charge < -0.3 is 5.32 Å². The van der Waals surface area contributed by atoms with Gasteiger partial charge in [0.2, 0.25) is 5.95 Å². The van der Waals surface area contributed by atoms with Crippen LogP contribution < -0.4 is 10.0 Å². The predicted molar refractivity (Wildman–Crippen MR) is 106 cm³/mol. The van der Waals surface area contributed by atoms with Crippen LogP contribution in [0.25, 0.3) is 0 Å². The van der Waals surface area contributed by atoms with Gasteiger partial charge in [0.05, 0.1) is 14.1 Å². The third-order valence-corrected chi connectivity index (χ3v) is 6.00. The molecule has 0 saturated carbocycles. The van der Waals surface area contributed by atoms with Gasteiger partial charge in [-0.25, -0.2) is 23.1 Å². The molecule has 2 aromatic heterocycles. The number of hydrogen-bond donors (Lipinski definition) is 2. The maximum absolute atomic E-state index is 12.5. The number of benzene rings is 1. The minimum absolute atomic E-state index is 0.0134. The first kappa shape index (κ1) is 19.3. The predicted octanol–water partition coefficient (Wildman–Crippen LogP) is 3.86. The van der Waals surface area contributed by atoms with Gasteiger partial charge in [-0.15, -0.1) is 11.3 Å². The molecule has 3 rings (SSSR count). The van der Waals surface area contributed by atoms with E-state index < -0.39 is 10.0 Å². The Labute approximate surface area is 165 Å². The summed E-state index contributed by atoms with van der Waals surface area (Å²) < 4.78 is 27.9. The topological polar surface area (TPSA) is 101 Å². The lowest BCUT2D eigenvalue weighted by molar-refractivity contribution is 0.103. The molecule has 7 nitrogen and oxygen atoms in total. The lowest BCUT2D eigenvalue weighted by Crippen LogP contribution is -2.16.